The summed E-state index contributed by atoms with van der Waals surface area (Å²) in [6.07, 6.45) is 10.1. The Morgan fingerprint density at radius 3 is 2.80 bits per heavy atom. The van der Waals surface area contributed by atoms with E-state index in [2.05, 4.69) is 16.9 Å². The van der Waals surface area contributed by atoms with E-state index in [4.69, 9.17) is 30.8 Å². The van der Waals surface area contributed by atoms with Crippen molar-refractivity contribution in [3.8, 4) is 17.0 Å². The van der Waals surface area contributed by atoms with Gasteiger partial charge in [0.15, 0.2) is 0 Å². The molecule has 1 fully saturated rings. The number of nitrogens with zero attached hydrogens (tertiary/aromatic N) is 4. The Morgan fingerprint density at radius 2 is 2.06 bits per heavy atom. The Balaban J connectivity index is 1.22. The van der Waals surface area contributed by atoms with Gasteiger partial charge in [-0.25, -0.2) is 15.0 Å². The predicted molar refractivity (Wildman–Crippen MR) is 136 cm³/mol. The van der Waals surface area contributed by atoms with Crippen molar-refractivity contribution >= 4 is 22.9 Å². The lowest BCUT2D eigenvalue weighted by molar-refractivity contribution is -0.186. The summed E-state index contributed by atoms with van der Waals surface area (Å²) in [4.78, 5) is 14.1. The van der Waals surface area contributed by atoms with Crippen LogP contribution in [-0.4, -0.2) is 38.8 Å². The van der Waals surface area contributed by atoms with E-state index in [9.17, 15) is 0 Å². The first-order chi connectivity index (χ1) is 17.1. The molecule has 1 aliphatic heterocycles. The zero-order valence-electron chi connectivity index (χ0n) is 19.5. The summed E-state index contributed by atoms with van der Waals surface area (Å²) in [7, 11) is 0. The summed E-state index contributed by atoms with van der Waals surface area (Å²) < 4.78 is 21.3. The van der Waals surface area contributed by atoms with Crippen LogP contribution in [0.2, 0.25) is 4.34 Å². The minimum absolute atomic E-state index is 0.220. The van der Waals surface area contributed by atoms with Crippen LogP contribution in [0.3, 0.4) is 0 Å². The number of unbranched alkanes of at least 4 members (excludes halogenated alkanes) is 1. The van der Waals surface area contributed by atoms with Crippen molar-refractivity contribution in [3.05, 3.63) is 82.4 Å². The van der Waals surface area contributed by atoms with Gasteiger partial charge in [0, 0.05) is 30.6 Å². The van der Waals surface area contributed by atoms with E-state index >= 15 is 0 Å². The molecule has 0 amide bonds. The predicted octanol–water partition coefficient (Wildman–Crippen LogP) is 5.75. The molecule has 2 unspecified atom stereocenters. The molecule has 3 aromatic heterocycles. The Labute approximate surface area is 213 Å². The SMILES string of the molecule is CCCCc1nccc(-c2ccc(OCC3COC(Cn4ccnc4)(c4ccc(Cl)s4)O3)cc2)n1. The fraction of sp³-hybridized carbons (Fsp3) is 0.346. The molecule has 1 saturated heterocycles. The first kappa shape index (κ1) is 23.9. The van der Waals surface area contributed by atoms with Crippen molar-refractivity contribution < 1.29 is 14.2 Å². The smallest absolute Gasteiger partial charge is 0.223 e. The second-order valence-electron chi connectivity index (χ2n) is 8.44. The fourth-order valence-corrected chi connectivity index (χ4v) is 5.12. The minimum Gasteiger partial charge on any atom is -0.491 e. The van der Waals surface area contributed by atoms with Crippen molar-refractivity contribution in [1.29, 1.82) is 0 Å². The Hall–Kier alpha value is -2.78. The Morgan fingerprint density at radius 1 is 1.17 bits per heavy atom. The molecule has 0 bridgehead atoms. The summed E-state index contributed by atoms with van der Waals surface area (Å²) in [5, 5.41) is 0. The van der Waals surface area contributed by atoms with Gasteiger partial charge < -0.3 is 18.8 Å². The molecule has 2 atom stereocenters. The molecular formula is C26H27ClN4O3S. The first-order valence-electron chi connectivity index (χ1n) is 11.7. The summed E-state index contributed by atoms with van der Waals surface area (Å²) in [5.74, 6) is 0.733. The monoisotopic (exact) mass is 510 g/mol. The highest BCUT2D eigenvalue weighted by Crippen LogP contribution is 2.41. The van der Waals surface area contributed by atoms with Gasteiger partial charge in [-0.3, -0.25) is 0 Å². The number of thiophene rings is 1. The van der Waals surface area contributed by atoms with Crippen LogP contribution in [0.25, 0.3) is 11.3 Å². The highest BCUT2D eigenvalue weighted by molar-refractivity contribution is 7.16. The van der Waals surface area contributed by atoms with E-state index in [1.54, 1.807) is 12.5 Å². The lowest BCUT2D eigenvalue weighted by Crippen LogP contribution is -2.33. The van der Waals surface area contributed by atoms with Gasteiger partial charge >= 0.3 is 0 Å². The molecular weight excluding hydrogens is 484 g/mol. The van der Waals surface area contributed by atoms with Crippen molar-refractivity contribution in [1.82, 2.24) is 19.5 Å². The van der Waals surface area contributed by atoms with Crippen molar-refractivity contribution in [3.63, 3.8) is 0 Å². The van der Waals surface area contributed by atoms with E-state index in [1.807, 2.05) is 59.4 Å². The number of hydrogen-bond acceptors (Lipinski definition) is 7. The molecule has 0 spiro atoms. The number of ether oxygens (including phenoxy) is 3. The van der Waals surface area contributed by atoms with Gasteiger partial charge in [0.05, 0.1) is 34.4 Å². The number of imidazole rings is 1. The lowest BCUT2D eigenvalue weighted by Gasteiger charge is -2.27. The number of aryl methyl sites for hydroxylation is 1. The van der Waals surface area contributed by atoms with Crippen LogP contribution in [0.15, 0.2) is 67.4 Å². The Bertz CT molecular complexity index is 1230. The van der Waals surface area contributed by atoms with Crippen LogP contribution in [0.4, 0.5) is 0 Å². The van der Waals surface area contributed by atoms with Crippen molar-refractivity contribution in [2.45, 2.75) is 44.6 Å². The first-order valence-corrected chi connectivity index (χ1v) is 12.9. The van der Waals surface area contributed by atoms with E-state index in [0.717, 1.165) is 47.0 Å². The highest BCUT2D eigenvalue weighted by Gasteiger charge is 2.45. The summed E-state index contributed by atoms with van der Waals surface area (Å²) in [6, 6.07) is 13.7. The van der Waals surface area contributed by atoms with Crippen LogP contribution in [0.5, 0.6) is 5.75 Å². The number of aromatic nitrogens is 4. The minimum atomic E-state index is -0.918. The maximum atomic E-state index is 6.42. The largest absolute Gasteiger partial charge is 0.491 e. The average molecular weight is 511 g/mol. The van der Waals surface area contributed by atoms with Gasteiger partial charge in [-0.05, 0) is 48.9 Å². The molecule has 0 N–H and O–H groups in total. The van der Waals surface area contributed by atoms with E-state index in [1.165, 1.54) is 11.3 Å². The van der Waals surface area contributed by atoms with Crippen LogP contribution < -0.4 is 4.74 Å². The second-order valence-corrected chi connectivity index (χ2v) is 10.2. The molecule has 7 nitrogen and oxygen atoms in total. The molecule has 1 aliphatic rings. The standard InChI is InChI=1S/C26H27ClN4O3S/c1-2-3-4-25-29-12-11-22(30-25)19-5-7-20(8-6-19)32-15-21-16-33-26(34-21,17-31-14-13-28-18-31)23-9-10-24(27)35-23/h5-14,18,21H,2-4,15-17H2,1H3. The van der Waals surface area contributed by atoms with E-state index in [-0.39, 0.29) is 6.10 Å². The van der Waals surface area contributed by atoms with Gasteiger partial charge in [0.25, 0.3) is 0 Å². The van der Waals surface area contributed by atoms with Gasteiger partial charge in [0.1, 0.15) is 24.3 Å². The molecule has 4 heterocycles. The summed E-state index contributed by atoms with van der Waals surface area (Å²) >= 11 is 7.66. The maximum Gasteiger partial charge on any atom is 0.223 e. The molecule has 0 aliphatic carbocycles. The third-order valence-electron chi connectivity index (χ3n) is 5.80. The van der Waals surface area contributed by atoms with E-state index < -0.39 is 5.79 Å². The van der Waals surface area contributed by atoms with Crippen LogP contribution >= 0.6 is 22.9 Å². The lowest BCUT2D eigenvalue weighted by atomic mass is 10.1. The number of rotatable bonds is 10. The molecule has 0 saturated carbocycles. The normalized spacial score (nSPS) is 19.8. The highest BCUT2D eigenvalue weighted by atomic mass is 35.5. The third kappa shape index (κ3) is 5.73. The van der Waals surface area contributed by atoms with Crippen molar-refractivity contribution in [2.75, 3.05) is 13.2 Å². The number of hydrogen-bond donors (Lipinski definition) is 0. The third-order valence-corrected chi connectivity index (χ3v) is 7.16. The number of halogens is 1. The molecule has 0 radical (unpaired) electrons. The molecule has 182 valence electrons. The quantitative estimate of drug-likeness (QED) is 0.271. The van der Waals surface area contributed by atoms with Crippen LogP contribution in [-0.2, 0) is 28.2 Å². The molecule has 9 heteroatoms. The van der Waals surface area contributed by atoms with Gasteiger partial charge in [-0.15, -0.1) is 11.3 Å². The average Bonchev–Trinajstić information content (AvgIpc) is 3.65. The zero-order chi connectivity index (χ0) is 24.1. The molecule has 1 aromatic carbocycles. The summed E-state index contributed by atoms with van der Waals surface area (Å²) in [5.41, 5.74) is 1.95. The maximum absolute atomic E-state index is 6.42. The second kappa shape index (κ2) is 10.9. The fourth-order valence-electron chi connectivity index (χ4n) is 4.00. The Kier molecular flexibility index (Phi) is 7.43. The van der Waals surface area contributed by atoms with Crippen LogP contribution in [0, 0.1) is 0 Å². The topological polar surface area (TPSA) is 71.3 Å². The molecule has 4 aromatic rings. The van der Waals surface area contributed by atoms with E-state index in [0.29, 0.717) is 24.1 Å². The van der Waals surface area contributed by atoms with Crippen LogP contribution in [0.1, 0.15) is 30.5 Å². The van der Waals surface area contributed by atoms with Gasteiger partial charge in [0.2, 0.25) is 5.79 Å². The molecule has 5 rings (SSSR count). The molecule has 35 heavy (non-hydrogen) atoms. The summed E-state index contributed by atoms with van der Waals surface area (Å²) in [6.45, 7) is 3.44. The van der Waals surface area contributed by atoms with Crippen molar-refractivity contribution in [2.24, 2.45) is 0 Å². The van der Waals surface area contributed by atoms with Gasteiger partial charge in [-0.2, -0.15) is 0 Å². The zero-order valence-corrected chi connectivity index (χ0v) is 21.0. The number of benzene rings is 1. The van der Waals surface area contributed by atoms with Gasteiger partial charge in [-0.1, -0.05) is 24.9 Å².